The van der Waals surface area contributed by atoms with Crippen molar-refractivity contribution >= 4 is 11.9 Å². The summed E-state index contributed by atoms with van der Waals surface area (Å²) in [5.74, 6) is -0.406. The highest BCUT2D eigenvalue weighted by molar-refractivity contribution is 5.87. The van der Waals surface area contributed by atoms with Crippen molar-refractivity contribution in [1.82, 2.24) is 15.0 Å². The Morgan fingerprint density at radius 3 is 2.41 bits per heavy atom. The minimum absolute atomic E-state index is 0.0206. The first-order chi connectivity index (χ1) is 12.5. The Kier molecular flexibility index (Phi) is 6.92. The molecule has 27 heavy (non-hydrogen) atoms. The summed E-state index contributed by atoms with van der Waals surface area (Å²) in [5.41, 5.74) is -1.24. The highest BCUT2D eigenvalue weighted by atomic mass is 19.4. The smallest absolute Gasteiger partial charge is 0.372 e. The van der Waals surface area contributed by atoms with Crippen LogP contribution >= 0.6 is 0 Å². The predicted molar refractivity (Wildman–Crippen MR) is 80.0 cm³/mol. The summed E-state index contributed by atoms with van der Waals surface area (Å²) < 4.78 is 82.0. The van der Waals surface area contributed by atoms with Gasteiger partial charge in [-0.25, -0.2) is 4.79 Å². The highest BCUT2D eigenvalue weighted by Gasteiger charge is 2.35. The topological polar surface area (TPSA) is 70.8 Å². The fourth-order valence-electron chi connectivity index (χ4n) is 2.40. The molecule has 1 aliphatic rings. The van der Waals surface area contributed by atoms with Crippen LogP contribution in [0.1, 0.15) is 12.1 Å². The molecule has 0 spiro atoms. The standard InChI is InChI=1S/C14H18F6N4O3/c15-13(16,17)9-26-7-1-2-23-3-5-24(6-4-23)12(25)21-11-8-10(22-27-11)14(18,19)20/h8H,1-7,9H2,(H,21,25). The van der Waals surface area contributed by atoms with E-state index < -0.39 is 36.6 Å². The van der Waals surface area contributed by atoms with E-state index in [0.717, 1.165) is 0 Å². The Morgan fingerprint density at radius 2 is 1.85 bits per heavy atom. The molecule has 0 saturated carbocycles. The second kappa shape index (κ2) is 8.78. The number of ether oxygens (including phenoxy) is 1. The minimum atomic E-state index is -4.66. The number of nitrogens with zero attached hydrogens (tertiary/aromatic N) is 3. The fraction of sp³-hybridized carbons (Fsp3) is 0.714. The average Bonchev–Trinajstić information content (AvgIpc) is 3.03. The molecule has 1 aliphatic heterocycles. The van der Waals surface area contributed by atoms with E-state index in [1.54, 1.807) is 0 Å². The molecule has 1 N–H and O–H groups in total. The molecule has 13 heteroatoms. The first-order valence-electron chi connectivity index (χ1n) is 8.01. The molecule has 7 nitrogen and oxygen atoms in total. The van der Waals surface area contributed by atoms with Crippen LogP contribution in [0.5, 0.6) is 0 Å². The zero-order valence-electron chi connectivity index (χ0n) is 14.1. The second-order valence-corrected chi connectivity index (χ2v) is 5.85. The SMILES string of the molecule is O=C(Nc1cc(C(F)(F)F)no1)N1CCN(CCCOCC(F)(F)F)CC1. The molecule has 2 amide bonds. The van der Waals surface area contributed by atoms with Crippen molar-refractivity contribution in [2.45, 2.75) is 18.8 Å². The van der Waals surface area contributed by atoms with Gasteiger partial charge >= 0.3 is 18.4 Å². The van der Waals surface area contributed by atoms with Crippen LogP contribution in [0.3, 0.4) is 0 Å². The number of alkyl halides is 6. The van der Waals surface area contributed by atoms with Gasteiger partial charge in [0.25, 0.3) is 0 Å². The maximum absolute atomic E-state index is 12.4. The third kappa shape index (κ3) is 7.25. The predicted octanol–water partition coefficient (Wildman–Crippen LogP) is 2.81. The van der Waals surface area contributed by atoms with Crippen LogP contribution in [-0.4, -0.2) is 73.1 Å². The number of carbonyl (C=O) groups excluding carboxylic acids is 1. The van der Waals surface area contributed by atoms with Crippen LogP contribution in [0, 0.1) is 0 Å². The van der Waals surface area contributed by atoms with Gasteiger partial charge in [-0.1, -0.05) is 5.16 Å². The van der Waals surface area contributed by atoms with Crippen LogP contribution in [0.25, 0.3) is 0 Å². The number of halogens is 6. The lowest BCUT2D eigenvalue weighted by atomic mass is 10.3. The van der Waals surface area contributed by atoms with E-state index in [0.29, 0.717) is 45.2 Å². The molecule has 1 aromatic heterocycles. The Morgan fingerprint density at radius 1 is 1.19 bits per heavy atom. The molecule has 2 rings (SSSR count). The average molecular weight is 404 g/mol. The van der Waals surface area contributed by atoms with Crippen LogP contribution in [0.4, 0.5) is 37.0 Å². The zero-order chi connectivity index (χ0) is 20.1. The van der Waals surface area contributed by atoms with E-state index in [2.05, 4.69) is 19.7 Å². The van der Waals surface area contributed by atoms with Crippen LogP contribution in [0.15, 0.2) is 10.6 Å². The zero-order valence-corrected chi connectivity index (χ0v) is 14.1. The Hall–Kier alpha value is -2.02. The molecular formula is C14H18F6N4O3. The highest BCUT2D eigenvalue weighted by Crippen LogP contribution is 2.29. The van der Waals surface area contributed by atoms with Gasteiger partial charge < -0.3 is 14.2 Å². The molecule has 2 heterocycles. The van der Waals surface area contributed by atoms with Gasteiger partial charge in [0.2, 0.25) is 5.88 Å². The monoisotopic (exact) mass is 404 g/mol. The molecule has 154 valence electrons. The number of anilines is 1. The number of hydrogen-bond acceptors (Lipinski definition) is 5. The third-order valence-electron chi connectivity index (χ3n) is 3.72. The van der Waals surface area contributed by atoms with Crippen LogP contribution in [-0.2, 0) is 10.9 Å². The number of urea groups is 1. The summed E-state index contributed by atoms with van der Waals surface area (Å²) in [4.78, 5) is 15.4. The van der Waals surface area contributed by atoms with Gasteiger partial charge in [0.05, 0.1) is 0 Å². The van der Waals surface area contributed by atoms with Crippen molar-refractivity contribution in [3.05, 3.63) is 11.8 Å². The molecule has 0 radical (unpaired) electrons. The normalized spacial score (nSPS) is 16.6. The number of piperazine rings is 1. The van der Waals surface area contributed by atoms with Gasteiger partial charge in [-0.3, -0.25) is 10.2 Å². The lowest BCUT2D eigenvalue weighted by molar-refractivity contribution is -0.174. The molecule has 0 aliphatic carbocycles. The van der Waals surface area contributed by atoms with E-state index in [1.807, 2.05) is 4.90 Å². The van der Waals surface area contributed by atoms with Crippen molar-refractivity contribution in [1.29, 1.82) is 0 Å². The summed E-state index contributed by atoms with van der Waals surface area (Å²) in [7, 11) is 0. The minimum Gasteiger partial charge on any atom is -0.372 e. The first kappa shape index (κ1) is 21.3. The maximum atomic E-state index is 12.4. The molecule has 0 bridgehead atoms. The summed E-state index contributed by atoms with van der Waals surface area (Å²) in [6.45, 7) is 0.815. The second-order valence-electron chi connectivity index (χ2n) is 5.85. The maximum Gasteiger partial charge on any atom is 0.436 e. The Balaban J connectivity index is 1.66. The lowest BCUT2D eigenvalue weighted by Crippen LogP contribution is -2.50. The largest absolute Gasteiger partial charge is 0.436 e. The van der Waals surface area contributed by atoms with Crippen molar-refractivity contribution in [3.8, 4) is 0 Å². The van der Waals surface area contributed by atoms with Crippen molar-refractivity contribution in [2.24, 2.45) is 0 Å². The van der Waals surface area contributed by atoms with Gasteiger partial charge in [0.1, 0.15) is 6.61 Å². The summed E-state index contributed by atoms with van der Waals surface area (Å²) in [5, 5.41) is 5.04. The number of rotatable bonds is 6. The number of nitrogens with one attached hydrogen (secondary N) is 1. The van der Waals surface area contributed by atoms with Crippen molar-refractivity contribution in [3.63, 3.8) is 0 Å². The van der Waals surface area contributed by atoms with Crippen LogP contribution < -0.4 is 5.32 Å². The van der Waals surface area contributed by atoms with Gasteiger partial charge in [-0.15, -0.1) is 0 Å². The van der Waals surface area contributed by atoms with E-state index in [-0.39, 0.29) is 6.61 Å². The van der Waals surface area contributed by atoms with Gasteiger partial charge in [0.15, 0.2) is 5.69 Å². The molecule has 0 atom stereocenters. The Bertz CT molecular complexity index is 611. The molecule has 1 aromatic rings. The van der Waals surface area contributed by atoms with Gasteiger partial charge in [0, 0.05) is 45.4 Å². The Labute approximate surface area is 150 Å². The van der Waals surface area contributed by atoms with Gasteiger partial charge in [-0.2, -0.15) is 26.3 Å². The van der Waals surface area contributed by atoms with E-state index >= 15 is 0 Å². The van der Waals surface area contributed by atoms with Gasteiger partial charge in [-0.05, 0) is 6.42 Å². The first-order valence-corrected chi connectivity index (χ1v) is 8.01. The van der Waals surface area contributed by atoms with Crippen molar-refractivity contribution in [2.75, 3.05) is 51.3 Å². The molecule has 0 unspecified atom stereocenters. The molecular weight excluding hydrogens is 386 g/mol. The third-order valence-corrected chi connectivity index (χ3v) is 3.72. The number of hydrogen-bond donors (Lipinski definition) is 1. The summed E-state index contributed by atoms with van der Waals surface area (Å²) >= 11 is 0. The lowest BCUT2D eigenvalue weighted by Gasteiger charge is -2.34. The van der Waals surface area contributed by atoms with E-state index in [9.17, 15) is 31.1 Å². The summed E-state index contributed by atoms with van der Waals surface area (Å²) in [6.07, 6.45) is -8.59. The van der Waals surface area contributed by atoms with E-state index in [1.165, 1.54) is 4.90 Å². The number of aromatic nitrogens is 1. The molecule has 1 saturated heterocycles. The van der Waals surface area contributed by atoms with E-state index in [4.69, 9.17) is 0 Å². The van der Waals surface area contributed by atoms with Crippen LogP contribution in [0.2, 0.25) is 0 Å². The molecule has 0 aromatic carbocycles. The van der Waals surface area contributed by atoms with Crippen molar-refractivity contribution < 1.29 is 40.4 Å². The quantitative estimate of drug-likeness (QED) is 0.583. The summed E-state index contributed by atoms with van der Waals surface area (Å²) in [6, 6.07) is -0.0252. The fourth-order valence-corrected chi connectivity index (χ4v) is 2.40. The molecule has 1 fully saturated rings. The number of carbonyl (C=O) groups is 1. The number of amides is 2.